The molecule has 0 N–H and O–H groups in total. The van der Waals surface area contributed by atoms with Gasteiger partial charge in [-0.2, -0.15) is 5.06 Å². The molecule has 3 rings (SSSR count). The Labute approximate surface area is 132 Å². The first-order valence-electron chi connectivity index (χ1n) is 7.91. The summed E-state index contributed by atoms with van der Waals surface area (Å²) in [6.07, 6.45) is 8.20. The summed E-state index contributed by atoms with van der Waals surface area (Å²) in [6, 6.07) is 5.00. The Morgan fingerprint density at radius 1 is 1.23 bits per heavy atom. The maximum Gasteiger partial charge on any atom is 0.127 e. The number of hydrogen-bond donors (Lipinski definition) is 0. The topological polar surface area (TPSA) is 21.7 Å². The highest BCUT2D eigenvalue weighted by Gasteiger charge is 2.22. The van der Waals surface area contributed by atoms with Crippen LogP contribution in [0.3, 0.4) is 0 Å². The maximum absolute atomic E-state index is 13.4. The van der Waals surface area contributed by atoms with Crippen molar-refractivity contribution in [3.63, 3.8) is 0 Å². The molecule has 0 atom stereocenters. The van der Waals surface area contributed by atoms with Gasteiger partial charge in [0.25, 0.3) is 0 Å². The molecule has 0 amide bonds. The van der Waals surface area contributed by atoms with Crippen LogP contribution >= 0.6 is 0 Å². The molecule has 0 spiro atoms. The monoisotopic (exact) mass is 307 g/mol. The molecule has 2 saturated carbocycles. The maximum atomic E-state index is 13.4. The van der Waals surface area contributed by atoms with Crippen LogP contribution < -0.4 is 4.74 Å². The van der Waals surface area contributed by atoms with Crippen LogP contribution in [0, 0.1) is 11.7 Å². The lowest BCUT2D eigenvalue weighted by Crippen LogP contribution is -2.07. The van der Waals surface area contributed by atoms with Crippen molar-refractivity contribution in [2.75, 3.05) is 27.8 Å². The quantitative estimate of drug-likeness (QED) is 0.757. The lowest BCUT2D eigenvalue weighted by Gasteiger charge is -2.16. The highest BCUT2D eigenvalue weighted by atomic mass is 19.1. The summed E-state index contributed by atoms with van der Waals surface area (Å²) in [7, 11) is 5.29. The molecule has 1 aromatic rings. The van der Waals surface area contributed by atoms with E-state index in [2.05, 4.69) is 10.9 Å². The molecule has 0 radical (unpaired) electrons. The van der Waals surface area contributed by atoms with E-state index in [4.69, 9.17) is 4.74 Å². The van der Waals surface area contributed by atoms with Crippen molar-refractivity contribution >= 4 is 6.08 Å². The van der Waals surface area contributed by atoms with E-state index in [0.29, 0.717) is 11.7 Å². The molecule has 3 nitrogen and oxygen atoms in total. The third-order valence-corrected chi connectivity index (χ3v) is 3.81. The fourth-order valence-electron chi connectivity index (χ4n) is 2.01. The molecule has 2 aliphatic carbocycles. The molecule has 0 heterocycles. The van der Waals surface area contributed by atoms with Crippen LogP contribution in [0.1, 0.15) is 37.7 Å². The van der Waals surface area contributed by atoms with Gasteiger partial charge in [-0.25, -0.2) is 4.39 Å². The molecule has 0 bridgehead atoms. The van der Waals surface area contributed by atoms with Crippen LogP contribution in [0.2, 0.25) is 0 Å². The van der Waals surface area contributed by atoms with E-state index in [0.717, 1.165) is 25.0 Å². The number of halogens is 1. The molecule has 0 saturated heterocycles. The zero-order chi connectivity index (χ0) is 15.9. The number of nitrogens with zero attached hydrogens (tertiary/aromatic N) is 1. The van der Waals surface area contributed by atoms with E-state index in [1.807, 2.05) is 20.2 Å². The van der Waals surface area contributed by atoms with E-state index in [9.17, 15) is 4.39 Å². The minimum atomic E-state index is -0.204. The number of hydrogen-bond acceptors (Lipinski definition) is 3. The van der Waals surface area contributed by atoms with Gasteiger partial charge in [0.2, 0.25) is 0 Å². The highest BCUT2D eigenvalue weighted by Crippen LogP contribution is 2.31. The van der Waals surface area contributed by atoms with Crippen LogP contribution in [-0.4, -0.2) is 32.9 Å². The third-order valence-electron chi connectivity index (χ3n) is 3.81. The van der Waals surface area contributed by atoms with Crippen LogP contribution in [0.4, 0.5) is 4.39 Å². The van der Waals surface area contributed by atoms with Gasteiger partial charge < -0.3 is 9.57 Å². The molecule has 1 aromatic carbocycles. The van der Waals surface area contributed by atoms with Crippen molar-refractivity contribution in [2.24, 2.45) is 5.92 Å². The Bertz CT molecular complexity index is 504. The zero-order valence-electron chi connectivity index (χ0n) is 13.8. The molecule has 0 unspecified atom stereocenters. The fraction of sp³-hybridized carbons (Fsp3) is 0.556. The third kappa shape index (κ3) is 6.16. The van der Waals surface area contributed by atoms with Gasteiger partial charge in [-0.15, -0.1) is 0 Å². The highest BCUT2D eigenvalue weighted by molar-refractivity contribution is 5.56. The first-order valence-corrected chi connectivity index (χ1v) is 7.91. The molecular formula is C18H26FNO2. The van der Waals surface area contributed by atoms with Gasteiger partial charge in [-0.1, -0.05) is 11.6 Å². The van der Waals surface area contributed by atoms with Gasteiger partial charge in [0.05, 0.1) is 13.7 Å². The molecule has 2 fully saturated rings. The second kappa shape index (κ2) is 8.30. The average Bonchev–Trinajstić information content (AvgIpc) is 3.25. The van der Waals surface area contributed by atoms with Crippen molar-refractivity contribution in [1.29, 1.82) is 0 Å². The van der Waals surface area contributed by atoms with Crippen molar-refractivity contribution in [2.45, 2.75) is 32.1 Å². The van der Waals surface area contributed by atoms with Crippen molar-refractivity contribution < 1.29 is 14.0 Å². The van der Waals surface area contributed by atoms with Gasteiger partial charge in [0.1, 0.15) is 11.6 Å². The second-order valence-corrected chi connectivity index (χ2v) is 6.13. The summed E-state index contributed by atoms with van der Waals surface area (Å²) in [4.78, 5) is 4.58. The molecule has 0 aromatic heterocycles. The Morgan fingerprint density at radius 3 is 2.41 bits per heavy atom. The minimum Gasteiger partial charge on any atom is -0.493 e. The van der Waals surface area contributed by atoms with Gasteiger partial charge >= 0.3 is 0 Å². The first-order chi connectivity index (χ1) is 10.6. The Morgan fingerprint density at radius 2 is 1.91 bits per heavy atom. The predicted octanol–water partition coefficient (Wildman–Crippen LogP) is 4.29. The van der Waals surface area contributed by atoms with Crippen LogP contribution in [0.25, 0.3) is 6.08 Å². The normalized spacial score (nSPS) is 16.7. The lowest BCUT2D eigenvalue weighted by atomic mass is 9.91. The van der Waals surface area contributed by atoms with Gasteiger partial charge in [0, 0.05) is 20.2 Å². The number of allylic oxidation sites excluding steroid dienone is 1. The molecule has 122 valence electrons. The molecule has 22 heavy (non-hydrogen) atoms. The predicted molar refractivity (Wildman–Crippen MR) is 87.1 cm³/mol. The lowest BCUT2D eigenvalue weighted by molar-refractivity contribution is -0.0855. The van der Waals surface area contributed by atoms with Crippen molar-refractivity contribution in [1.82, 2.24) is 5.06 Å². The van der Waals surface area contributed by atoms with Crippen LogP contribution in [0.5, 0.6) is 5.75 Å². The van der Waals surface area contributed by atoms with Crippen molar-refractivity contribution in [3.8, 4) is 5.75 Å². The summed E-state index contributed by atoms with van der Waals surface area (Å²) in [5.74, 6) is 1.17. The van der Waals surface area contributed by atoms with Gasteiger partial charge in [-0.3, -0.25) is 0 Å². The Hall–Kier alpha value is -1.39. The van der Waals surface area contributed by atoms with E-state index in [1.165, 1.54) is 30.9 Å². The Kier molecular flexibility index (Phi) is 6.40. The minimum absolute atomic E-state index is 0.204. The van der Waals surface area contributed by atoms with Crippen LogP contribution in [0.15, 0.2) is 23.8 Å². The number of hydroxylamine groups is 2. The number of benzene rings is 1. The fourth-order valence-corrected chi connectivity index (χ4v) is 2.01. The van der Waals surface area contributed by atoms with E-state index in [1.54, 1.807) is 18.2 Å². The molecule has 2 aliphatic rings. The van der Waals surface area contributed by atoms with Crippen molar-refractivity contribution in [3.05, 3.63) is 35.2 Å². The Balaban J connectivity index is 0.000000309. The summed E-state index contributed by atoms with van der Waals surface area (Å²) < 4.78 is 19.0. The SMILES string of the molecule is CON(C)C.Fc1cc(C=C2CCC2)cc(OCC2CC2)c1. The van der Waals surface area contributed by atoms with Crippen LogP contribution in [-0.2, 0) is 4.84 Å². The van der Waals surface area contributed by atoms with Gasteiger partial charge in [-0.05, 0) is 55.7 Å². The van der Waals surface area contributed by atoms with E-state index in [-0.39, 0.29) is 5.82 Å². The standard InChI is InChI=1S/C15H17FO.C3H9NO/c16-14-7-13(6-11-2-1-3-11)8-15(9-14)17-10-12-4-5-12;1-4(2)5-3/h6-9,12H,1-5,10H2;1-3H3. The van der Waals surface area contributed by atoms with E-state index >= 15 is 0 Å². The summed E-state index contributed by atoms with van der Waals surface area (Å²) in [5, 5.41) is 1.62. The van der Waals surface area contributed by atoms with Gasteiger partial charge in [0.15, 0.2) is 0 Å². The summed E-state index contributed by atoms with van der Waals surface area (Å²) >= 11 is 0. The number of ether oxygens (including phenoxy) is 1. The van der Waals surface area contributed by atoms with E-state index < -0.39 is 0 Å². The molecule has 0 aliphatic heterocycles. The molecule has 4 heteroatoms. The smallest absolute Gasteiger partial charge is 0.127 e. The summed E-state index contributed by atoms with van der Waals surface area (Å²) in [5.41, 5.74) is 2.36. The second-order valence-electron chi connectivity index (χ2n) is 6.13. The number of rotatable bonds is 5. The molecular weight excluding hydrogens is 281 g/mol. The first kappa shape index (κ1) is 17.0. The zero-order valence-corrected chi connectivity index (χ0v) is 13.8. The summed E-state index contributed by atoms with van der Waals surface area (Å²) in [6.45, 7) is 0.736. The largest absolute Gasteiger partial charge is 0.493 e. The average molecular weight is 307 g/mol.